The van der Waals surface area contributed by atoms with E-state index in [2.05, 4.69) is 46.8 Å². The van der Waals surface area contributed by atoms with Crippen LogP contribution in [0.3, 0.4) is 0 Å². The summed E-state index contributed by atoms with van der Waals surface area (Å²) in [5.41, 5.74) is 3.27. The Labute approximate surface area is 159 Å². The number of hydrogen-bond donors (Lipinski definition) is 2. The topological polar surface area (TPSA) is 71.1 Å². The summed E-state index contributed by atoms with van der Waals surface area (Å²) in [7, 11) is 0. The highest BCUT2D eigenvalue weighted by Crippen LogP contribution is 2.30. The van der Waals surface area contributed by atoms with Crippen LogP contribution < -0.4 is 10.6 Å². The molecule has 2 N–H and O–H groups in total. The quantitative estimate of drug-likeness (QED) is 0.688. The molecule has 1 aromatic heterocycles. The normalized spacial score (nSPS) is 10.6. The smallest absolute Gasteiger partial charge is 0.226 e. The summed E-state index contributed by atoms with van der Waals surface area (Å²) in [6.07, 6.45) is 3.45. The van der Waals surface area contributed by atoms with Crippen molar-refractivity contribution in [3.8, 4) is 11.3 Å². The van der Waals surface area contributed by atoms with Crippen LogP contribution in [0.15, 0.2) is 24.3 Å². The zero-order valence-corrected chi connectivity index (χ0v) is 16.5. The van der Waals surface area contributed by atoms with Gasteiger partial charge < -0.3 is 10.6 Å². The molecule has 0 radical (unpaired) electrons. The second kappa shape index (κ2) is 10.1. The second-order valence-corrected chi connectivity index (χ2v) is 7.47. The summed E-state index contributed by atoms with van der Waals surface area (Å²) in [4.78, 5) is 29.2. The van der Waals surface area contributed by atoms with Crippen LogP contribution in [0.25, 0.3) is 11.3 Å². The maximum atomic E-state index is 12.0. The molecule has 0 aliphatic carbocycles. The Kier molecular flexibility index (Phi) is 7.78. The molecule has 0 unspecified atom stereocenters. The molecule has 1 heterocycles. The van der Waals surface area contributed by atoms with Crippen molar-refractivity contribution in [2.45, 2.75) is 52.9 Å². The Balaban J connectivity index is 1.94. The number of anilines is 1. The predicted octanol–water partition coefficient (Wildman–Crippen LogP) is 4.32. The van der Waals surface area contributed by atoms with Crippen molar-refractivity contribution >= 4 is 28.3 Å². The van der Waals surface area contributed by atoms with Crippen molar-refractivity contribution in [1.29, 1.82) is 0 Å². The molecule has 0 saturated carbocycles. The summed E-state index contributed by atoms with van der Waals surface area (Å²) >= 11 is 1.46. The average Bonchev–Trinajstić information content (AvgIpc) is 2.99. The number of carbonyl (C=O) groups excluding carboxylic acids is 2. The van der Waals surface area contributed by atoms with Crippen LogP contribution in [-0.4, -0.2) is 23.3 Å². The maximum absolute atomic E-state index is 12.0. The molecule has 0 aliphatic rings. The SMILES string of the molecule is CCCNC(=O)CCC(=O)Nc1nc(-c2ccc(CCC)cc2)c(C)s1. The average molecular weight is 374 g/mol. The number of benzene rings is 1. The lowest BCUT2D eigenvalue weighted by Gasteiger charge is -2.03. The Morgan fingerprint density at radius 2 is 1.73 bits per heavy atom. The summed E-state index contributed by atoms with van der Waals surface area (Å²) in [6, 6.07) is 8.42. The van der Waals surface area contributed by atoms with E-state index in [0.717, 1.165) is 35.4 Å². The predicted molar refractivity (Wildman–Crippen MR) is 107 cm³/mol. The number of nitrogens with one attached hydrogen (secondary N) is 2. The van der Waals surface area contributed by atoms with Gasteiger partial charge in [-0.25, -0.2) is 4.98 Å². The first-order valence-corrected chi connectivity index (χ1v) is 9.98. The van der Waals surface area contributed by atoms with E-state index < -0.39 is 0 Å². The van der Waals surface area contributed by atoms with Crippen LogP contribution in [0.4, 0.5) is 5.13 Å². The summed E-state index contributed by atoms with van der Waals surface area (Å²) in [5.74, 6) is -0.277. The van der Waals surface area contributed by atoms with Gasteiger partial charge >= 0.3 is 0 Å². The monoisotopic (exact) mass is 373 g/mol. The van der Waals surface area contributed by atoms with Crippen molar-refractivity contribution in [3.05, 3.63) is 34.7 Å². The van der Waals surface area contributed by atoms with Crippen LogP contribution >= 0.6 is 11.3 Å². The number of amides is 2. The van der Waals surface area contributed by atoms with Gasteiger partial charge in [-0.2, -0.15) is 0 Å². The van der Waals surface area contributed by atoms with E-state index in [1.54, 1.807) is 0 Å². The minimum atomic E-state index is -0.185. The number of aromatic nitrogens is 1. The standard InChI is InChI=1S/C20H27N3O2S/c1-4-6-15-7-9-16(10-8-15)19-14(3)26-20(23-19)22-18(25)12-11-17(24)21-13-5-2/h7-10H,4-6,11-13H2,1-3H3,(H,21,24)(H,22,23,25). The first kappa shape index (κ1) is 20.1. The summed E-state index contributed by atoms with van der Waals surface area (Å²) in [6.45, 7) is 6.81. The molecule has 0 bridgehead atoms. The van der Waals surface area contributed by atoms with Gasteiger partial charge in [0.05, 0.1) is 5.69 Å². The lowest BCUT2D eigenvalue weighted by molar-refractivity contribution is -0.124. The fourth-order valence-electron chi connectivity index (χ4n) is 2.60. The van der Waals surface area contributed by atoms with Crippen molar-refractivity contribution in [1.82, 2.24) is 10.3 Å². The van der Waals surface area contributed by atoms with E-state index >= 15 is 0 Å². The highest BCUT2D eigenvalue weighted by atomic mass is 32.1. The van der Waals surface area contributed by atoms with Gasteiger partial charge in [-0.1, -0.05) is 44.5 Å². The fourth-order valence-corrected chi connectivity index (χ4v) is 3.45. The Hall–Kier alpha value is -2.21. The van der Waals surface area contributed by atoms with Gasteiger partial charge in [-0.3, -0.25) is 9.59 Å². The van der Waals surface area contributed by atoms with Gasteiger partial charge in [-0.15, -0.1) is 11.3 Å². The van der Waals surface area contributed by atoms with E-state index in [0.29, 0.717) is 11.7 Å². The second-order valence-electron chi connectivity index (χ2n) is 6.27. The maximum Gasteiger partial charge on any atom is 0.226 e. The first-order chi connectivity index (χ1) is 12.5. The fraction of sp³-hybridized carbons (Fsp3) is 0.450. The van der Waals surface area contributed by atoms with Gasteiger partial charge in [0, 0.05) is 29.8 Å². The molecular formula is C20H27N3O2S. The molecular weight excluding hydrogens is 346 g/mol. The minimum absolute atomic E-state index is 0.0924. The molecule has 0 spiro atoms. The van der Waals surface area contributed by atoms with Crippen molar-refractivity contribution in [2.24, 2.45) is 0 Å². The molecule has 0 fully saturated rings. The van der Waals surface area contributed by atoms with Gasteiger partial charge in [0.15, 0.2) is 5.13 Å². The van der Waals surface area contributed by atoms with E-state index in [-0.39, 0.29) is 24.7 Å². The number of nitrogens with zero attached hydrogens (tertiary/aromatic N) is 1. The number of aryl methyl sites for hydroxylation is 2. The Morgan fingerprint density at radius 3 is 2.38 bits per heavy atom. The molecule has 1 aromatic carbocycles. The van der Waals surface area contributed by atoms with Crippen molar-refractivity contribution in [2.75, 3.05) is 11.9 Å². The lowest BCUT2D eigenvalue weighted by atomic mass is 10.1. The van der Waals surface area contributed by atoms with Crippen LogP contribution in [0.1, 0.15) is 50.0 Å². The van der Waals surface area contributed by atoms with E-state index in [9.17, 15) is 9.59 Å². The molecule has 0 atom stereocenters. The molecule has 2 amide bonds. The van der Waals surface area contributed by atoms with Crippen LogP contribution in [0, 0.1) is 6.92 Å². The van der Waals surface area contributed by atoms with Gasteiger partial charge in [0.25, 0.3) is 0 Å². The zero-order valence-electron chi connectivity index (χ0n) is 15.7. The molecule has 2 rings (SSSR count). The highest BCUT2D eigenvalue weighted by Gasteiger charge is 2.13. The largest absolute Gasteiger partial charge is 0.356 e. The molecule has 140 valence electrons. The molecule has 5 nitrogen and oxygen atoms in total. The zero-order chi connectivity index (χ0) is 18.9. The lowest BCUT2D eigenvalue weighted by Crippen LogP contribution is -2.25. The third kappa shape index (κ3) is 5.95. The third-order valence-corrected chi connectivity index (χ3v) is 4.85. The molecule has 0 saturated heterocycles. The molecule has 0 aliphatic heterocycles. The van der Waals surface area contributed by atoms with Crippen LogP contribution in [0.2, 0.25) is 0 Å². The van der Waals surface area contributed by atoms with Crippen LogP contribution in [0.5, 0.6) is 0 Å². The van der Waals surface area contributed by atoms with Crippen molar-refractivity contribution in [3.63, 3.8) is 0 Å². The molecule has 6 heteroatoms. The number of rotatable bonds is 9. The Morgan fingerprint density at radius 1 is 1.04 bits per heavy atom. The van der Waals surface area contributed by atoms with E-state index in [4.69, 9.17) is 0 Å². The minimum Gasteiger partial charge on any atom is -0.356 e. The number of carbonyl (C=O) groups is 2. The van der Waals surface area contributed by atoms with Gasteiger partial charge in [0.2, 0.25) is 11.8 Å². The molecule has 26 heavy (non-hydrogen) atoms. The summed E-state index contributed by atoms with van der Waals surface area (Å²) < 4.78 is 0. The highest BCUT2D eigenvalue weighted by molar-refractivity contribution is 7.16. The number of thiazole rings is 1. The number of hydrogen-bond acceptors (Lipinski definition) is 4. The van der Waals surface area contributed by atoms with Crippen LogP contribution in [-0.2, 0) is 16.0 Å². The third-order valence-electron chi connectivity index (χ3n) is 3.96. The van der Waals surface area contributed by atoms with E-state index in [1.807, 2.05) is 13.8 Å². The first-order valence-electron chi connectivity index (χ1n) is 9.16. The molecule has 2 aromatic rings. The van der Waals surface area contributed by atoms with E-state index in [1.165, 1.54) is 16.9 Å². The van der Waals surface area contributed by atoms with Gasteiger partial charge in [0.1, 0.15) is 0 Å². The summed E-state index contributed by atoms with van der Waals surface area (Å²) in [5, 5.41) is 6.15. The Bertz CT molecular complexity index is 738. The van der Waals surface area contributed by atoms with Gasteiger partial charge in [-0.05, 0) is 25.3 Å². The van der Waals surface area contributed by atoms with Crippen molar-refractivity contribution < 1.29 is 9.59 Å².